The Balaban J connectivity index is 1.13. The first-order valence-electron chi connectivity index (χ1n) is 17.3. The van der Waals surface area contributed by atoms with Gasteiger partial charge in [0.15, 0.2) is 0 Å². The van der Waals surface area contributed by atoms with Crippen molar-refractivity contribution in [3.8, 4) is 33.4 Å². The molecule has 0 radical (unpaired) electrons. The first kappa shape index (κ1) is 29.7. The number of fused-ring (bicyclic) bond motifs is 3. The number of rotatable bonds is 7. The summed E-state index contributed by atoms with van der Waals surface area (Å²) in [5.74, 6) is 0. The number of hydrogen-bond acceptors (Lipinski definition) is 1. The Kier molecular flexibility index (Phi) is 7.44. The minimum Gasteiger partial charge on any atom is -0.311 e. The van der Waals surface area contributed by atoms with Crippen LogP contribution in [0.3, 0.4) is 0 Å². The van der Waals surface area contributed by atoms with Gasteiger partial charge in [-0.05, 0) is 98.1 Å². The van der Waals surface area contributed by atoms with E-state index >= 15 is 0 Å². The van der Waals surface area contributed by atoms with Crippen molar-refractivity contribution in [3.05, 3.63) is 235 Å². The Bertz CT molecular complexity index is 2350. The number of para-hydroxylation sites is 1. The number of nitrogens with zero attached hydrogens (tertiary/aromatic N) is 1. The fourth-order valence-electron chi connectivity index (χ4n) is 7.90. The van der Waals surface area contributed by atoms with E-state index in [0.29, 0.717) is 0 Å². The molecule has 8 aromatic carbocycles. The highest BCUT2D eigenvalue weighted by Crippen LogP contribution is 2.56. The predicted molar refractivity (Wildman–Crippen MR) is 209 cm³/mol. The summed E-state index contributed by atoms with van der Waals surface area (Å²) < 4.78 is 0. The first-order chi connectivity index (χ1) is 24.8. The van der Waals surface area contributed by atoms with Crippen LogP contribution in [0.5, 0.6) is 0 Å². The lowest BCUT2D eigenvalue weighted by Gasteiger charge is -2.34. The molecular formula is C49H35N. The smallest absolute Gasteiger partial charge is 0.0713 e. The maximum absolute atomic E-state index is 2.40. The molecule has 0 bridgehead atoms. The van der Waals surface area contributed by atoms with Crippen LogP contribution in [0.25, 0.3) is 33.4 Å². The molecule has 50 heavy (non-hydrogen) atoms. The summed E-state index contributed by atoms with van der Waals surface area (Å²) in [6, 6.07) is 77.0. The molecule has 0 unspecified atom stereocenters. The molecule has 0 saturated carbocycles. The monoisotopic (exact) mass is 637 g/mol. The van der Waals surface area contributed by atoms with Crippen LogP contribution in [0.4, 0.5) is 17.1 Å². The van der Waals surface area contributed by atoms with Crippen molar-refractivity contribution in [1.82, 2.24) is 0 Å². The normalized spacial score (nSPS) is 12.6. The summed E-state index contributed by atoms with van der Waals surface area (Å²) in [4.78, 5) is 2.33. The van der Waals surface area contributed by atoms with Crippen LogP contribution in [0, 0.1) is 0 Å². The lowest BCUT2D eigenvalue weighted by Crippen LogP contribution is -2.28. The Morgan fingerprint density at radius 2 is 0.680 bits per heavy atom. The van der Waals surface area contributed by atoms with Crippen LogP contribution in [0.15, 0.2) is 212 Å². The maximum Gasteiger partial charge on any atom is 0.0713 e. The Morgan fingerprint density at radius 1 is 0.280 bits per heavy atom. The summed E-state index contributed by atoms with van der Waals surface area (Å²) in [5.41, 5.74) is 15.6. The first-order valence-corrected chi connectivity index (χ1v) is 17.3. The van der Waals surface area contributed by atoms with Gasteiger partial charge in [-0.25, -0.2) is 0 Å². The highest BCUT2D eigenvalue weighted by molar-refractivity contribution is 5.87. The topological polar surface area (TPSA) is 3.24 Å². The van der Waals surface area contributed by atoms with E-state index < -0.39 is 5.41 Å². The van der Waals surface area contributed by atoms with Crippen molar-refractivity contribution in [2.24, 2.45) is 0 Å². The molecule has 0 amide bonds. The average Bonchev–Trinajstić information content (AvgIpc) is 3.51. The minimum absolute atomic E-state index is 0.416. The van der Waals surface area contributed by atoms with Gasteiger partial charge < -0.3 is 4.90 Å². The minimum atomic E-state index is -0.416. The molecule has 0 aromatic heterocycles. The highest BCUT2D eigenvalue weighted by atomic mass is 15.1. The highest BCUT2D eigenvalue weighted by Gasteiger charge is 2.45. The van der Waals surface area contributed by atoms with E-state index in [0.717, 1.165) is 17.1 Å². The third-order valence-electron chi connectivity index (χ3n) is 10.2. The Hall–Kier alpha value is -6.44. The summed E-state index contributed by atoms with van der Waals surface area (Å²) in [6.45, 7) is 0. The lowest BCUT2D eigenvalue weighted by atomic mass is 9.67. The molecule has 0 aliphatic heterocycles. The molecule has 0 N–H and O–H groups in total. The summed E-state index contributed by atoms with van der Waals surface area (Å²) in [7, 11) is 0. The molecule has 8 aromatic rings. The molecule has 1 aliphatic rings. The Labute approximate surface area is 294 Å². The average molecular weight is 638 g/mol. The van der Waals surface area contributed by atoms with E-state index in [4.69, 9.17) is 0 Å². The zero-order chi connectivity index (χ0) is 33.3. The van der Waals surface area contributed by atoms with Crippen LogP contribution >= 0.6 is 0 Å². The second-order valence-corrected chi connectivity index (χ2v) is 12.9. The van der Waals surface area contributed by atoms with Gasteiger partial charge in [0.1, 0.15) is 0 Å². The zero-order valence-electron chi connectivity index (χ0n) is 27.7. The number of benzene rings is 8. The molecule has 0 heterocycles. The summed E-state index contributed by atoms with van der Waals surface area (Å²) >= 11 is 0. The van der Waals surface area contributed by atoms with Gasteiger partial charge in [-0.2, -0.15) is 0 Å². The van der Waals surface area contributed by atoms with Gasteiger partial charge in [0.25, 0.3) is 0 Å². The molecule has 1 nitrogen and oxygen atoms in total. The SMILES string of the molecule is c1ccc(-c2ccc(N(c3ccccc3)c3ccc(-c4cccc(C5(c6ccccc6)c6ccccc6-c6ccccc65)c4)cc3)cc2)cc1. The molecule has 1 aliphatic carbocycles. The number of hydrogen-bond donors (Lipinski definition) is 0. The number of anilines is 3. The Morgan fingerprint density at radius 3 is 1.26 bits per heavy atom. The molecular weight excluding hydrogens is 603 g/mol. The molecule has 0 fully saturated rings. The summed E-state index contributed by atoms with van der Waals surface area (Å²) in [5, 5.41) is 0. The molecule has 0 saturated heterocycles. The van der Waals surface area contributed by atoms with Gasteiger partial charge in [0.2, 0.25) is 0 Å². The van der Waals surface area contributed by atoms with E-state index in [2.05, 4.69) is 217 Å². The van der Waals surface area contributed by atoms with E-state index in [-0.39, 0.29) is 0 Å². The molecule has 236 valence electrons. The fraction of sp³-hybridized carbons (Fsp3) is 0.0204. The van der Waals surface area contributed by atoms with Gasteiger partial charge in [0, 0.05) is 17.1 Å². The van der Waals surface area contributed by atoms with Crippen LogP contribution in [-0.2, 0) is 5.41 Å². The second-order valence-electron chi connectivity index (χ2n) is 12.9. The van der Waals surface area contributed by atoms with E-state index in [1.54, 1.807) is 0 Å². The van der Waals surface area contributed by atoms with Gasteiger partial charge in [-0.15, -0.1) is 0 Å². The van der Waals surface area contributed by atoms with Crippen molar-refractivity contribution in [2.75, 3.05) is 4.90 Å². The predicted octanol–water partition coefficient (Wildman–Crippen LogP) is 12.9. The lowest BCUT2D eigenvalue weighted by molar-refractivity contribution is 0.769. The van der Waals surface area contributed by atoms with Crippen LogP contribution in [0.1, 0.15) is 22.3 Å². The summed E-state index contributed by atoms with van der Waals surface area (Å²) in [6.07, 6.45) is 0. The largest absolute Gasteiger partial charge is 0.311 e. The van der Waals surface area contributed by atoms with Gasteiger partial charge >= 0.3 is 0 Å². The van der Waals surface area contributed by atoms with Crippen molar-refractivity contribution in [1.29, 1.82) is 0 Å². The van der Waals surface area contributed by atoms with Gasteiger partial charge in [0.05, 0.1) is 5.41 Å². The quantitative estimate of drug-likeness (QED) is 0.168. The third kappa shape index (κ3) is 4.95. The van der Waals surface area contributed by atoms with Crippen molar-refractivity contribution < 1.29 is 0 Å². The molecule has 9 rings (SSSR count). The van der Waals surface area contributed by atoms with Crippen LogP contribution in [-0.4, -0.2) is 0 Å². The maximum atomic E-state index is 2.40. The van der Waals surface area contributed by atoms with E-state index in [1.807, 2.05) is 0 Å². The van der Waals surface area contributed by atoms with Gasteiger partial charge in [-0.3, -0.25) is 0 Å². The van der Waals surface area contributed by atoms with Crippen LogP contribution < -0.4 is 4.90 Å². The van der Waals surface area contributed by atoms with Crippen molar-refractivity contribution in [3.63, 3.8) is 0 Å². The van der Waals surface area contributed by atoms with E-state index in [9.17, 15) is 0 Å². The van der Waals surface area contributed by atoms with Gasteiger partial charge in [-0.1, -0.05) is 170 Å². The fourth-order valence-corrected chi connectivity index (χ4v) is 7.90. The zero-order valence-corrected chi connectivity index (χ0v) is 27.7. The molecule has 0 atom stereocenters. The van der Waals surface area contributed by atoms with E-state index in [1.165, 1.54) is 55.6 Å². The van der Waals surface area contributed by atoms with Crippen molar-refractivity contribution >= 4 is 17.1 Å². The molecule has 0 spiro atoms. The van der Waals surface area contributed by atoms with Crippen molar-refractivity contribution in [2.45, 2.75) is 5.41 Å². The van der Waals surface area contributed by atoms with Crippen LogP contribution in [0.2, 0.25) is 0 Å². The standard InChI is InChI=1S/C49H35N/c1-4-15-36(16-5-1)37-27-31-43(32-28-37)50(42-21-8-3-9-22-42)44-33-29-38(30-34-44)39-17-14-20-41(35-39)49(40-18-6-2-7-19-40)47-25-12-10-23-45(47)46-24-11-13-26-48(46)49/h1-35H. The molecule has 1 heteroatoms. The third-order valence-corrected chi connectivity index (χ3v) is 10.2. The second kappa shape index (κ2) is 12.5.